The summed E-state index contributed by atoms with van der Waals surface area (Å²) < 4.78 is 43.0. The number of carbonyl (C=O) groups excluding carboxylic acids is 1. The van der Waals surface area contributed by atoms with Gasteiger partial charge in [0.15, 0.2) is 0 Å². The molecular formula is C17H17F3N4O2. The molecule has 0 fully saturated rings. The third-order valence-electron chi connectivity index (χ3n) is 4.02. The molecule has 0 aliphatic heterocycles. The van der Waals surface area contributed by atoms with Gasteiger partial charge in [-0.25, -0.2) is 0 Å². The lowest BCUT2D eigenvalue weighted by Gasteiger charge is -2.09. The predicted molar refractivity (Wildman–Crippen MR) is 88.8 cm³/mol. The molecule has 0 spiro atoms. The molecule has 0 aliphatic rings. The second-order valence-electron chi connectivity index (χ2n) is 6.35. The minimum absolute atomic E-state index is 0.0660. The number of amides is 1. The molecule has 0 atom stereocenters. The molecule has 2 aromatic heterocycles. The summed E-state index contributed by atoms with van der Waals surface area (Å²) in [5.74, 6) is -1.91. The van der Waals surface area contributed by atoms with Gasteiger partial charge in [-0.3, -0.25) is 15.2 Å². The first-order valence-electron chi connectivity index (χ1n) is 7.95. The summed E-state index contributed by atoms with van der Waals surface area (Å²) >= 11 is 0. The Morgan fingerprint density at radius 2 is 2.08 bits per heavy atom. The van der Waals surface area contributed by atoms with Gasteiger partial charge in [-0.05, 0) is 36.1 Å². The number of furan rings is 1. The maximum absolute atomic E-state index is 12.5. The van der Waals surface area contributed by atoms with Gasteiger partial charge in [0.1, 0.15) is 5.58 Å². The molecule has 2 N–H and O–H groups in total. The minimum atomic E-state index is -4.65. The Balaban J connectivity index is 1.79. The zero-order valence-electron chi connectivity index (χ0n) is 14.4. The third-order valence-corrected chi connectivity index (χ3v) is 4.02. The first kappa shape index (κ1) is 18.0. The van der Waals surface area contributed by atoms with Crippen molar-refractivity contribution in [2.45, 2.75) is 39.3 Å². The number of hydrogen-bond acceptors (Lipinski definition) is 4. The van der Waals surface area contributed by atoms with Crippen molar-refractivity contribution in [1.82, 2.24) is 15.2 Å². The van der Waals surface area contributed by atoms with Crippen LogP contribution in [-0.4, -0.2) is 21.1 Å². The number of benzene rings is 1. The summed E-state index contributed by atoms with van der Waals surface area (Å²) in [6.07, 6.45) is -3.24. The highest BCUT2D eigenvalue weighted by Gasteiger charge is 2.35. The number of anilines is 1. The lowest BCUT2D eigenvalue weighted by Crippen LogP contribution is -2.15. The molecule has 0 bridgehead atoms. The predicted octanol–water partition coefficient (Wildman–Crippen LogP) is 4.18. The Bertz CT molecular complexity index is 957. The molecule has 26 heavy (non-hydrogen) atoms. The summed E-state index contributed by atoms with van der Waals surface area (Å²) in [7, 11) is 0. The molecule has 0 saturated carbocycles. The quantitative estimate of drug-likeness (QED) is 0.725. The lowest BCUT2D eigenvalue weighted by molar-refractivity contribution is -0.144. The molecule has 6 nitrogen and oxygen atoms in total. The van der Waals surface area contributed by atoms with Gasteiger partial charge in [0, 0.05) is 10.9 Å². The summed E-state index contributed by atoms with van der Waals surface area (Å²) in [4.78, 5) is 15.4. The first-order chi connectivity index (χ1) is 12.1. The monoisotopic (exact) mass is 366 g/mol. The van der Waals surface area contributed by atoms with Crippen LogP contribution in [0.1, 0.15) is 42.3 Å². The number of aromatic nitrogens is 3. The number of aromatic amines is 1. The second kappa shape index (κ2) is 6.47. The van der Waals surface area contributed by atoms with Crippen molar-refractivity contribution in [3.05, 3.63) is 40.9 Å². The van der Waals surface area contributed by atoms with Gasteiger partial charge in [-0.2, -0.15) is 18.2 Å². The number of alkyl halides is 3. The third kappa shape index (κ3) is 3.56. The van der Waals surface area contributed by atoms with Gasteiger partial charge >= 0.3 is 6.18 Å². The summed E-state index contributed by atoms with van der Waals surface area (Å²) in [6, 6.07) is 3.90. The maximum atomic E-state index is 12.5. The molecule has 2 heterocycles. The molecular weight excluding hydrogens is 349 g/mol. The van der Waals surface area contributed by atoms with E-state index in [2.05, 4.69) is 29.2 Å². The molecule has 138 valence electrons. The molecule has 0 aliphatic carbocycles. The van der Waals surface area contributed by atoms with Crippen LogP contribution in [-0.2, 0) is 17.4 Å². The van der Waals surface area contributed by atoms with Crippen LogP contribution in [0.2, 0.25) is 0 Å². The second-order valence-corrected chi connectivity index (χ2v) is 6.35. The number of carbonyl (C=O) groups is 1. The lowest BCUT2D eigenvalue weighted by atomic mass is 9.95. The highest BCUT2D eigenvalue weighted by molar-refractivity contribution is 5.94. The largest absolute Gasteiger partial charge is 0.464 e. The van der Waals surface area contributed by atoms with Gasteiger partial charge in [-0.1, -0.05) is 13.8 Å². The van der Waals surface area contributed by atoms with Gasteiger partial charge in [0.05, 0.1) is 12.7 Å². The standard InChI is InChI=1S/C17H17F3N4O2/c1-8(2)11-6-12-10(7-26-13(12)4-9(11)3)5-14(25)21-16-22-15(23-24-16)17(18,19)20/h4,6-8H,5H2,1-3H3,(H2,21,22,23,24,25). The van der Waals surface area contributed by atoms with Crippen LogP contribution >= 0.6 is 0 Å². The fourth-order valence-corrected chi connectivity index (χ4v) is 2.79. The zero-order valence-corrected chi connectivity index (χ0v) is 14.4. The van der Waals surface area contributed by atoms with Crippen LogP contribution in [0, 0.1) is 6.92 Å². The topological polar surface area (TPSA) is 83.8 Å². The molecule has 0 unspecified atom stereocenters. The van der Waals surface area contributed by atoms with Gasteiger partial charge in [0.2, 0.25) is 17.7 Å². The van der Waals surface area contributed by atoms with Crippen molar-refractivity contribution in [2.75, 3.05) is 5.32 Å². The van der Waals surface area contributed by atoms with Crippen molar-refractivity contribution in [3.8, 4) is 0 Å². The smallest absolute Gasteiger partial charge is 0.451 e. The number of H-pyrrole nitrogens is 1. The molecule has 0 radical (unpaired) electrons. The molecule has 1 amide bonds. The number of halogens is 3. The molecule has 0 saturated heterocycles. The van der Waals surface area contributed by atoms with E-state index < -0.39 is 23.9 Å². The van der Waals surface area contributed by atoms with E-state index in [0.29, 0.717) is 17.1 Å². The van der Waals surface area contributed by atoms with E-state index in [4.69, 9.17) is 4.42 Å². The highest BCUT2D eigenvalue weighted by atomic mass is 19.4. The maximum Gasteiger partial charge on any atom is 0.451 e. The Hall–Kier alpha value is -2.84. The molecule has 1 aromatic carbocycles. The van der Waals surface area contributed by atoms with E-state index in [1.807, 2.05) is 19.1 Å². The van der Waals surface area contributed by atoms with E-state index in [-0.39, 0.29) is 6.42 Å². The van der Waals surface area contributed by atoms with Crippen molar-refractivity contribution >= 4 is 22.8 Å². The van der Waals surface area contributed by atoms with Gasteiger partial charge < -0.3 is 4.42 Å². The molecule has 3 aromatic rings. The number of hydrogen-bond donors (Lipinski definition) is 2. The Morgan fingerprint density at radius 1 is 1.35 bits per heavy atom. The normalized spacial score (nSPS) is 12.1. The fourth-order valence-electron chi connectivity index (χ4n) is 2.79. The van der Waals surface area contributed by atoms with E-state index in [1.165, 1.54) is 6.26 Å². The SMILES string of the molecule is Cc1cc2occ(CC(=O)Nc3n[nH]c(C(F)(F)F)n3)c2cc1C(C)C. The fraction of sp³-hybridized carbons (Fsp3) is 0.353. The summed E-state index contributed by atoms with van der Waals surface area (Å²) in [6.45, 7) is 6.13. The molecule has 9 heteroatoms. The van der Waals surface area contributed by atoms with Crippen molar-refractivity contribution in [3.63, 3.8) is 0 Å². The van der Waals surface area contributed by atoms with Crippen LogP contribution in [0.4, 0.5) is 19.1 Å². The van der Waals surface area contributed by atoms with Crippen molar-refractivity contribution < 1.29 is 22.4 Å². The Morgan fingerprint density at radius 3 is 2.69 bits per heavy atom. The minimum Gasteiger partial charge on any atom is -0.464 e. The van der Waals surface area contributed by atoms with Crippen LogP contribution in [0.25, 0.3) is 11.0 Å². The Labute approximate surface area is 146 Å². The summed E-state index contributed by atoms with van der Waals surface area (Å²) in [5.41, 5.74) is 3.54. The van der Waals surface area contributed by atoms with Crippen LogP contribution in [0.5, 0.6) is 0 Å². The molecule has 3 rings (SSSR count). The van der Waals surface area contributed by atoms with E-state index in [1.54, 1.807) is 5.10 Å². The highest BCUT2D eigenvalue weighted by Crippen LogP contribution is 2.29. The van der Waals surface area contributed by atoms with Crippen LogP contribution < -0.4 is 5.32 Å². The van der Waals surface area contributed by atoms with E-state index in [0.717, 1.165) is 16.5 Å². The van der Waals surface area contributed by atoms with Crippen LogP contribution in [0.3, 0.4) is 0 Å². The zero-order chi connectivity index (χ0) is 19.1. The van der Waals surface area contributed by atoms with E-state index >= 15 is 0 Å². The van der Waals surface area contributed by atoms with E-state index in [9.17, 15) is 18.0 Å². The summed E-state index contributed by atoms with van der Waals surface area (Å²) in [5, 5.41) is 8.16. The van der Waals surface area contributed by atoms with Gasteiger partial charge in [-0.15, -0.1) is 5.10 Å². The number of nitrogens with one attached hydrogen (secondary N) is 2. The average Bonchev–Trinajstić information content (AvgIpc) is 3.13. The number of rotatable bonds is 4. The van der Waals surface area contributed by atoms with Gasteiger partial charge in [0.25, 0.3) is 0 Å². The first-order valence-corrected chi connectivity index (χ1v) is 7.95. The van der Waals surface area contributed by atoms with Crippen molar-refractivity contribution in [1.29, 1.82) is 0 Å². The number of fused-ring (bicyclic) bond motifs is 1. The number of nitrogens with zero attached hydrogens (tertiary/aromatic N) is 2. The Kier molecular flexibility index (Phi) is 4.47. The van der Waals surface area contributed by atoms with Crippen molar-refractivity contribution in [2.24, 2.45) is 0 Å². The van der Waals surface area contributed by atoms with Crippen LogP contribution in [0.15, 0.2) is 22.8 Å². The number of aryl methyl sites for hydroxylation is 1. The average molecular weight is 366 g/mol.